The van der Waals surface area contributed by atoms with E-state index < -0.39 is 0 Å². The van der Waals surface area contributed by atoms with Crippen molar-refractivity contribution in [1.82, 2.24) is 15.6 Å². The highest BCUT2D eigenvalue weighted by Crippen LogP contribution is 2.25. The van der Waals surface area contributed by atoms with Gasteiger partial charge < -0.3 is 16.0 Å². The average Bonchev–Trinajstić information content (AvgIpc) is 3.31. The second-order valence-corrected chi connectivity index (χ2v) is 7.82. The lowest BCUT2D eigenvalue weighted by Gasteiger charge is -2.10. The molecule has 0 fully saturated rings. The quantitative estimate of drug-likeness (QED) is 0.576. The Morgan fingerprint density at radius 3 is 2.56 bits per heavy atom. The number of thiophene rings is 1. The number of anilines is 1. The van der Waals surface area contributed by atoms with Gasteiger partial charge in [0.05, 0.1) is 0 Å². The first kappa shape index (κ1) is 19.1. The first-order chi connectivity index (χ1) is 13.0. The predicted octanol–water partition coefficient (Wildman–Crippen LogP) is 4.33. The van der Waals surface area contributed by atoms with Crippen LogP contribution in [0.15, 0.2) is 46.5 Å². The Kier molecular flexibility index (Phi) is 6.20. The van der Waals surface area contributed by atoms with E-state index in [4.69, 9.17) is 0 Å². The van der Waals surface area contributed by atoms with E-state index in [1.54, 1.807) is 28.8 Å². The second-order valence-electron chi connectivity index (χ2n) is 6.18. The molecule has 0 aliphatic rings. The lowest BCUT2D eigenvalue weighted by Crippen LogP contribution is -2.34. The summed E-state index contributed by atoms with van der Waals surface area (Å²) in [5.41, 5.74) is 3.09. The van der Waals surface area contributed by atoms with Crippen molar-refractivity contribution in [3.8, 4) is 10.6 Å². The zero-order chi connectivity index (χ0) is 19.2. The van der Waals surface area contributed by atoms with Crippen molar-refractivity contribution in [2.45, 2.75) is 26.4 Å². The van der Waals surface area contributed by atoms with Gasteiger partial charge in [0, 0.05) is 34.6 Å². The largest absolute Gasteiger partial charge is 0.347 e. The van der Waals surface area contributed by atoms with Crippen LogP contribution in [-0.4, -0.2) is 23.0 Å². The maximum absolute atomic E-state index is 12.3. The standard InChI is InChI=1S/C19H20N4O2S2/c1-12(2)21-19(25)22-15-5-3-13(4-6-15)9-20-17(24)16-11-27-18(23-16)14-7-8-26-10-14/h3-8,10-12H,9H2,1-2H3,(H,20,24)(H2,21,22,25). The highest BCUT2D eigenvalue weighted by atomic mass is 32.1. The van der Waals surface area contributed by atoms with Crippen molar-refractivity contribution < 1.29 is 9.59 Å². The molecule has 1 aromatic carbocycles. The van der Waals surface area contributed by atoms with E-state index in [0.29, 0.717) is 17.9 Å². The topological polar surface area (TPSA) is 83.1 Å². The molecule has 0 unspecified atom stereocenters. The molecule has 2 heterocycles. The van der Waals surface area contributed by atoms with Gasteiger partial charge in [-0.25, -0.2) is 9.78 Å². The van der Waals surface area contributed by atoms with E-state index in [2.05, 4.69) is 20.9 Å². The van der Waals surface area contributed by atoms with Gasteiger partial charge in [0.1, 0.15) is 10.7 Å². The molecule has 0 bridgehead atoms. The molecule has 0 atom stereocenters. The monoisotopic (exact) mass is 400 g/mol. The van der Waals surface area contributed by atoms with E-state index >= 15 is 0 Å². The Bertz CT molecular complexity index is 902. The Balaban J connectivity index is 1.52. The predicted molar refractivity (Wildman–Crippen MR) is 110 cm³/mol. The van der Waals surface area contributed by atoms with Crippen molar-refractivity contribution in [2.24, 2.45) is 0 Å². The van der Waals surface area contributed by atoms with E-state index in [-0.39, 0.29) is 18.0 Å². The van der Waals surface area contributed by atoms with Gasteiger partial charge in [-0.05, 0) is 43.0 Å². The van der Waals surface area contributed by atoms with Crippen LogP contribution in [0.4, 0.5) is 10.5 Å². The second kappa shape index (κ2) is 8.79. The number of nitrogens with one attached hydrogen (secondary N) is 3. The minimum absolute atomic E-state index is 0.0745. The van der Waals surface area contributed by atoms with Crippen LogP contribution in [-0.2, 0) is 6.54 Å². The number of urea groups is 1. The van der Waals surface area contributed by atoms with Crippen LogP contribution in [0.5, 0.6) is 0 Å². The number of carbonyl (C=O) groups is 2. The van der Waals surface area contributed by atoms with E-state index in [1.165, 1.54) is 11.3 Å². The number of hydrogen-bond acceptors (Lipinski definition) is 5. The normalized spacial score (nSPS) is 10.6. The maximum atomic E-state index is 12.3. The molecule has 0 aliphatic carbocycles. The zero-order valence-corrected chi connectivity index (χ0v) is 16.6. The van der Waals surface area contributed by atoms with Crippen molar-refractivity contribution >= 4 is 40.3 Å². The van der Waals surface area contributed by atoms with Gasteiger partial charge in [0.2, 0.25) is 0 Å². The van der Waals surface area contributed by atoms with Gasteiger partial charge in [-0.15, -0.1) is 11.3 Å². The fourth-order valence-electron chi connectivity index (χ4n) is 2.30. The first-order valence-corrected chi connectivity index (χ1v) is 10.3. The molecule has 0 spiro atoms. The zero-order valence-electron chi connectivity index (χ0n) is 15.0. The Morgan fingerprint density at radius 1 is 1.11 bits per heavy atom. The van der Waals surface area contributed by atoms with Crippen molar-refractivity contribution in [3.63, 3.8) is 0 Å². The summed E-state index contributed by atoms with van der Waals surface area (Å²) in [4.78, 5) is 28.4. The van der Waals surface area contributed by atoms with E-state index in [1.807, 2.05) is 42.8 Å². The van der Waals surface area contributed by atoms with Crippen LogP contribution >= 0.6 is 22.7 Å². The van der Waals surface area contributed by atoms with Crippen molar-refractivity contribution in [2.75, 3.05) is 5.32 Å². The molecule has 6 nitrogen and oxygen atoms in total. The van der Waals surface area contributed by atoms with Crippen LogP contribution in [0, 0.1) is 0 Å². The van der Waals surface area contributed by atoms with Gasteiger partial charge >= 0.3 is 6.03 Å². The number of carbonyl (C=O) groups excluding carboxylic acids is 2. The summed E-state index contributed by atoms with van der Waals surface area (Å²) in [5, 5.41) is 15.0. The molecule has 3 rings (SSSR count). The SMILES string of the molecule is CC(C)NC(=O)Nc1ccc(CNC(=O)c2csc(-c3ccsc3)n2)cc1. The maximum Gasteiger partial charge on any atom is 0.319 e. The summed E-state index contributed by atoms with van der Waals surface area (Å²) in [6.07, 6.45) is 0. The summed E-state index contributed by atoms with van der Waals surface area (Å²) in [6, 6.07) is 9.16. The van der Waals surface area contributed by atoms with Gasteiger partial charge in [0.25, 0.3) is 5.91 Å². The van der Waals surface area contributed by atoms with Crippen LogP contribution in [0.25, 0.3) is 10.6 Å². The molecule has 3 N–H and O–H groups in total. The number of rotatable bonds is 6. The van der Waals surface area contributed by atoms with Crippen molar-refractivity contribution in [3.05, 3.63) is 57.7 Å². The molecule has 140 valence electrons. The lowest BCUT2D eigenvalue weighted by atomic mass is 10.2. The fraction of sp³-hybridized carbons (Fsp3) is 0.211. The molecule has 8 heteroatoms. The number of aromatic nitrogens is 1. The molecular weight excluding hydrogens is 380 g/mol. The van der Waals surface area contributed by atoms with Crippen LogP contribution < -0.4 is 16.0 Å². The molecule has 3 aromatic rings. The highest BCUT2D eigenvalue weighted by Gasteiger charge is 2.12. The molecule has 0 saturated heterocycles. The minimum Gasteiger partial charge on any atom is -0.347 e. The highest BCUT2D eigenvalue weighted by molar-refractivity contribution is 7.14. The lowest BCUT2D eigenvalue weighted by molar-refractivity contribution is 0.0946. The minimum atomic E-state index is -0.240. The van der Waals surface area contributed by atoms with Gasteiger partial charge in [0.15, 0.2) is 0 Å². The van der Waals surface area contributed by atoms with Gasteiger partial charge in [-0.3, -0.25) is 4.79 Å². The number of thiazole rings is 1. The number of benzene rings is 1. The Labute approximate surface area is 165 Å². The molecular formula is C19H20N4O2S2. The summed E-state index contributed by atoms with van der Waals surface area (Å²) in [7, 11) is 0. The van der Waals surface area contributed by atoms with Crippen LogP contribution in [0.1, 0.15) is 29.9 Å². The summed E-state index contributed by atoms with van der Waals surface area (Å²) in [6.45, 7) is 4.19. The van der Waals surface area contributed by atoms with Gasteiger partial charge in [-0.2, -0.15) is 11.3 Å². The number of hydrogen-bond donors (Lipinski definition) is 3. The summed E-state index contributed by atoms with van der Waals surface area (Å²) < 4.78 is 0. The third kappa shape index (κ3) is 5.38. The van der Waals surface area contributed by atoms with Crippen LogP contribution in [0.2, 0.25) is 0 Å². The van der Waals surface area contributed by atoms with E-state index in [9.17, 15) is 9.59 Å². The smallest absolute Gasteiger partial charge is 0.319 e. The molecule has 2 aromatic heterocycles. The molecule has 0 saturated carbocycles. The van der Waals surface area contributed by atoms with Crippen LogP contribution in [0.3, 0.4) is 0 Å². The summed E-state index contributed by atoms with van der Waals surface area (Å²) in [5.74, 6) is -0.203. The van der Waals surface area contributed by atoms with E-state index in [0.717, 1.165) is 16.1 Å². The molecule has 3 amide bonds. The molecule has 0 aliphatic heterocycles. The van der Waals surface area contributed by atoms with Gasteiger partial charge in [-0.1, -0.05) is 12.1 Å². The first-order valence-electron chi connectivity index (χ1n) is 8.44. The molecule has 0 radical (unpaired) electrons. The van der Waals surface area contributed by atoms with Crippen molar-refractivity contribution in [1.29, 1.82) is 0 Å². The Morgan fingerprint density at radius 2 is 1.89 bits per heavy atom. The number of nitrogens with zero attached hydrogens (tertiary/aromatic N) is 1. The third-order valence-electron chi connectivity index (χ3n) is 3.59. The third-order valence-corrected chi connectivity index (χ3v) is 5.16. The number of amides is 3. The molecule has 27 heavy (non-hydrogen) atoms. The average molecular weight is 401 g/mol. The fourth-order valence-corrected chi connectivity index (χ4v) is 3.82. The summed E-state index contributed by atoms with van der Waals surface area (Å²) >= 11 is 3.06. The Hall–Kier alpha value is -2.71.